The van der Waals surface area contributed by atoms with Crippen LogP contribution in [0.5, 0.6) is 0 Å². The quantitative estimate of drug-likeness (QED) is 0.743. The Morgan fingerprint density at radius 1 is 1.33 bits per heavy atom. The van der Waals surface area contributed by atoms with Crippen molar-refractivity contribution in [3.63, 3.8) is 0 Å². The van der Waals surface area contributed by atoms with Crippen LogP contribution in [-0.2, 0) is 16.4 Å². The van der Waals surface area contributed by atoms with Gasteiger partial charge in [-0.15, -0.1) is 0 Å². The molecule has 0 saturated carbocycles. The molecule has 0 aliphatic rings. The van der Waals surface area contributed by atoms with E-state index in [9.17, 15) is 14.1 Å². The third-order valence-electron chi connectivity index (χ3n) is 2.99. The summed E-state index contributed by atoms with van der Waals surface area (Å²) in [4.78, 5) is 11.7. The molecule has 0 fully saturated rings. The van der Waals surface area contributed by atoms with Crippen LogP contribution < -0.4 is 10.6 Å². The molecule has 0 radical (unpaired) electrons. The molecular formula is C14H24N2O3S2. The first-order chi connectivity index (χ1) is 9.63. The van der Waals surface area contributed by atoms with Crippen LogP contribution >= 0.6 is 11.3 Å². The van der Waals surface area contributed by atoms with Gasteiger partial charge in [-0.3, -0.25) is 4.21 Å². The number of carbonyl (C=O) groups excluding carboxylic acids is 1. The van der Waals surface area contributed by atoms with Crippen molar-refractivity contribution in [3.8, 4) is 0 Å². The fraction of sp³-hybridized carbons (Fsp3) is 0.643. The minimum atomic E-state index is -1.09. The molecule has 0 aliphatic heterocycles. The second-order valence-corrected chi connectivity index (χ2v) is 9.16. The van der Waals surface area contributed by atoms with Gasteiger partial charge in [0.2, 0.25) is 0 Å². The Morgan fingerprint density at radius 3 is 2.52 bits per heavy atom. The van der Waals surface area contributed by atoms with E-state index in [2.05, 4.69) is 10.6 Å². The number of rotatable bonds is 6. The predicted octanol–water partition coefficient (Wildman–Crippen LogP) is 1.80. The van der Waals surface area contributed by atoms with Gasteiger partial charge in [0.25, 0.3) is 0 Å². The van der Waals surface area contributed by atoms with Crippen molar-refractivity contribution in [1.29, 1.82) is 0 Å². The zero-order valence-corrected chi connectivity index (χ0v) is 14.6. The van der Waals surface area contributed by atoms with E-state index in [0.717, 1.165) is 5.56 Å². The van der Waals surface area contributed by atoms with E-state index in [1.165, 1.54) is 11.3 Å². The number of urea groups is 1. The third kappa shape index (κ3) is 6.15. The van der Waals surface area contributed by atoms with Crippen molar-refractivity contribution in [3.05, 3.63) is 22.4 Å². The summed E-state index contributed by atoms with van der Waals surface area (Å²) in [5, 5.41) is 19.3. The molecule has 1 rings (SSSR count). The summed E-state index contributed by atoms with van der Waals surface area (Å²) in [6, 6.07) is 1.47. The number of nitrogens with one attached hydrogen (secondary N) is 2. The molecule has 2 unspecified atom stereocenters. The Kier molecular flexibility index (Phi) is 6.37. The summed E-state index contributed by atoms with van der Waals surface area (Å²) < 4.78 is 11.5. The highest BCUT2D eigenvalue weighted by atomic mass is 32.2. The minimum absolute atomic E-state index is 0.123. The number of amides is 2. The standard InChI is InChI=1S/C14H24N2O3S2/c1-13(2,3)21(19)8-6-15-12(17)16-10-14(4,18)11-5-7-20-9-11/h5,7,9,18H,6,8,10H2,1-4H3,(H2,15,16,17). The molecule has 0 spiro atoms. The lowest BCUT2D eigenvalue weighted by molar-refractivity contribution is 0.0598. The highest BCUT2D eigenvalue weighted by Crippen LogP contribution is 2.21. The fourth-order valence-electron chi connectivity index (χ4n) is 1.55. The smallest absolute Gasteiger partial charge is 0.314 e. The molecule has 2 amide bonds. The van der Waals surface area contributed by atoms with Crippen LogP contribution in [-0.4, -0.2) is 38.9 Å². The molecule has 120 valence electrons. The molecule has 3 N–H and O–H groups in total. The van der Waals surface area contributed by atoms with Crippen LogP contribution in [0.15, 0.2) is 16.8 Å². The number of thiophene rings is 1. The average Bonchev–Trinajstić information content (AvgIpc) is 2.89. The summed E-state index contributed by atoms with van der Waals surface area (Å²) in [5.74, 6) is 0.415. The predicted molar refractivity (Wildman–Crippen MR) is 88.1 cm³/mol. The fourth-order valence-corrected chi connectivity index (χ4v) is 3.23. The van der Waals surface area contributed by atoms with Gasteiger partial charge in [-0.25, -0.2) is 4.79 Å². The van der Waals surface area contributed by atoms with E-state index < -0.39 is 16.4 Å². The van der Waals surface area contributed by atoms with Gasteiger partial charge in [0.1, 0.15) is 5.60 Å². The number of carbonyl (C=O) groups is 1. The third-order valence-corrected chi connectivity index (χ3v) is 5.62. The van der Waals surface area contributed by atoms with Crippen molar-refractivity contribution in [2.75, 3.05) is 18.8 Å². The highest BCUT2D eigenvalue weighted by Gasteiger charge is 2.24. The van der Waals surface area contributed by atoms with E-state index >= 15 is 0 Å². The van der Waals surface area contributed by atoms with E-state index in [0.29, 0.717) is 12.3 Å². The van der Waals surface area contributed by atoms with Crippen molar-refractivity contribution >= 4 is 28.2 Å². The maximum atomic E-state index is 11.8. The maximum absolute atomic E-state index is 11.8. The van der Waals surface area contributed by atoms with Gasteiger partial charge in [0, 0.05) is 27.8 Å². The summed E-state index contributed by atoms with van der Waals surface area (Å²) in [5.41, 5.74) is -0.312. The molecule has 0 bridgehead atoms. The Morgan fingerprint density at radius 2 is 2.00 bits per heavy atom. The lowest BCUT2D eigenvalue weighted by Crippen LogP contribution is -2.44. The number of hydrogen-bond donors (Lipinski definition) is 3. The van der Waals surface area contributed by atoms with Gasteiger partial charge in [-0.2, -0.15) is 11.3 Å². The van der Waals surface area contributed by atoms with E-state index in [-0.39, 0.29) is 17.3 Å². The zero-order chi connectivity index (χ0) is 16.1. The topological polar surface area (TPSA) is 78.4 Å². The Labute approximate surface area is 132 Å². The van der Waals surface area contributed by atoms with Crippen LogP contribution in [0.4, 0.5) is 4.79 Å². The molecular weight excluding hydrogens is 308 g/mol. The lowest BCUT2D eigenvalue weighted by atomic mass is 9.99. The van der Waals surface area contributed by atoms with E-state index in [1.807, 2.05) is 37.6 Å². The van der Waals surface area contributed by atoms with Crippen LogP contribution in [0.2, 0.25) is 0 Å². The van der Waals surface area contributed by atoms with Crippen LogP contribution in [0.25, 0.3) is 0 Å². The highest BCUT2D eigenvalue weighted by molar-refractivity contribution is 7.86. The molecule has 1 aromatic rings. The van der Waals surface area contributed by atoms with Gasteiger partial charge in [-0.1, -0.05) is 0 Å². The minimum Gasteiger partial charge on any atom is -0.384 e. The SMILES string of the molecule is CC(O)(CNC(=O)NCCS(=O)C(C)(C)C)c1ccsc1. The molecule has 1 heterocycles. The van der Waals surface area contributed by atoms with Crippen molar-refractivity contribution < 1.29 is 14.1 Å². The second kappa shape index (κ2) is 7.38. The van der Waals surface area contributed by atoms with Gasteiger partial charge < -0.3 is 15.7 Å². The molecule has 0 saturated heterocycles. The van der Waals surface area contributed by atoms with Gasteiger partial charge >= 0.3 is 6.03 Å². The lowest BCUT2D eigenvalue weighted by Gasteiger charge is -2.23. The Hall–Kier alpha value is -0.920. The Bertz CT molecular complexity index is 479. The summed E-state index contributed by atoms with van der Waals surface area (Å²) in [6.07, 6.45) is 0. The molecule has 7 heteroatoms. The average molecular weight is 332 g/mol. The summed E-state index contributed by atoms with van der Waals surface area (Å²) >= 11 is 1.50. The summed E-state index contributed by atoms with van der Waals surface area (Å²) in [7, 11) is -0.990. The van der Waals surface area contributed by atoms with Crippen molar-refractivity contribution in [2.24, 2.45) is 0 Å². The maximum Gasteiger partial charge on any atom is 0.314 e. The molecule has 0 aromatic carbocycles. The second-order valence-electron chi connectivity index (χ2n) is 6.06. The van der Waals surface area contributed by atoms with Crippen molar-refractivity contribution in [2.45, 2.75) is 38.0 Å². The molecule has 1 aromatic heterocycles. The largest absolute Gasteiger partial charge is 0.384 e. The van der Waals surface area contributed by atoms with E-state index in [1.54, 1.807) is 6.92 Å². The number of aliphatic hydroxyl groups is 1. The first-order valence-corrected chi connectivity index (χ1v) is 9.04. The van der Waals surface area contributed by atoms with E-state index in [4.69, 9.17) is 0 Å². The first-order valence-electron chi connectivity index (χ1n) is 6.78. The van der Waals surface area contributed by atoms with Crippen molar-refractivity contribution in [1.82, 2.24) is 10.6 Å². The van der Waals surface area contributed by atoms with Gasteiger partial charge in [-0.05, 0) is 50.1 Å². The first kappa shape index (κ1) is 18.1. The molecule has 21 heavy (non-hydrogen) atoms. The Balaban J connectivity index is 2.30. The van der Waals surface area contributed by atoms with Crippen LogP contribution in [0, 0.1) is 0 Å². The number of hydrogen-bond acceptors (Lipinski definition) is 4. The molecule has 0 aliphatic carbocycles. The monoisotopic (exact) mass is 332 g/mol. The summed E-state index contributed by atoms with van der Waals surface area (Å²) in [6.45, 7) is 7.84. The van der Waals surface area contributed by atoms with Crippen LogP contribution in [0.1, 0.15) is 33.3 Å². The molecule has 2 atom stereocenters. The van der Waals surface area contributed by atoms with Gasteiger partial charge in [0.05, 0.1) is 6.54 Å². The van der Waals surface area contributed by atoms with Gasteiger partial charge in [0.15, 0.2) is 0 Å². The molecule has 5 nitrogen and oxygen atoms in total. The van der Waals surface area contributed by atoms with Crippen LogP contribution in [0.3, 0.4) is 0 Å². The zero-order valence-electron chi connectivity index (χ0n) is 12.9. The normalized spacial score (nSPS) is 16.0.